The highest BCUT2D eigenvalue weighted by Gasteiger charge is 2.12. The van der Waals surface area contributed by atoms with E-state index in [0.29, 0.717) is 5.56 Å². The maximum absolute atomic E-state index is 13.5. The Morgan fingerprint density at radius 1 is 1.31 bits per heavy atom. The van der Waals surface area contributed by atoms with Gasteiger partial charge in [0, 0.05) is 10.4 Å². The van der Waals surface area contributed by atoms with E-state index in [1.165, 1.54) is 0 Å². The molecule has 0 bridgehead atoms. The zero-order valence-electron chi connectivity index (χ0n) is 10.6. The predicted molar refractivity (Wildman–Crippen MR) is 71.6 cm³/mol. The Balaban J connectivity index is 3.02. The van der Waals surface area contributed by atoms with Gasteiger partial charge in [-0.1, -0.05) is 16.7 Å². The molecule has 0 radical (unpaired) electrons. The fourth-order valence-corrected chi connectivity index (χ4v) is 2.91. The number of benzene rings is 1. The first-order chi connectivity index (χ1) is 7.33. The molecule has 0 aliphatic carbocycles. The summed E-state index contributed by atoms with van der Waals surface area (Å²) in [4.78, 5) is 1.00. The molecule has 16 heavy (non-hydrogen) atoms. The minimum Gasteiger partial charge on any atom is -0.261 e. The lowest BCUT2D eigenvalue weighted by Gasteiger charge is -2.24. The molecular weight excluding hydrogens is 221 g/mol. The normalized spacial score (nSPS) is 14.1. The molecular formula is C13H20FNS. The summed E-state index contributed by atoms with van der Waals surface area (Å²) in [5.41, 5.74) is 0.718. The molecule has 0 aliphatic rings. The van der Waals surface area contributed by atoms with Gasteiger partial charge in [-0.15, -0.1) is 0 Å². The maximum Gasteiger partial charge on any atom is 0.127 e. The van der Waals surface area contributed by atoms with Crippen molar-refractivity contribution >= 4 is 16.0 Å². The van der Waals surface area contributed by atoms with Gasteiger partial charge in [-0.25, -0.2) is 4.39 Å². The number of hydrogen-bond donors (Lipinski definition) is 1. The number of hydrogen-bond acceptors (Lipinski definition) is 1. The van der Waals surface area contributed by atoms with Gasteiger partial charge < -0.3 is 0 Å². The summed E-state index contributed by atoms with van der Waals surface area (Å²) in [6, 6.07) is 5.44. The van der Waals surface area contributed by atoms with E-state index in [4.69, 9.17) is 0 Å². The maximum atomic E-state index is 13.5. The number of halogens is 1. The van der Waals surface area contributed by atoms with Crippen molar-refractivity contribution in [3.05, 3.63) is 29.6 Å². The summed E-state index contributed by atoms with van der Waals surface area (Å²) in [6.45, 7) is 10.1. The van der Waals surface area contributed by atoms with Gasteiger partial charge in [0.2, 0.25) is 0 Å². The first kappa shape index (κ1) is 13.4. The molecule has 0 heterocycles. The second-order valence-corrected chi connectivity index (χ2v) is 6.66. The molecule has 1 aromatic carbocycles. The summed E-state index contributed by atoms with van der Waals surface area (Å²) in [5, 5.41) is 2.08. The Morgan fingerprint density at radius 3 is 2.38 bits per heavy atom. The molecule has 0 spiro atoms. The van der Waals surface area contributed by atoms with E-state index < -0.39 is 0 Å². The van der Waals surface area contributed by atoms with Gasteiger partial charge in [0.15, 0.2) is 0 Å². The van der Waals surface area contributed by atoms with E-state index in [-0.39, 0.29) is 22.0 Å². The molecule has 1 nitrogen and oxygen atoms in total. The topological polar surface area (TPSA) is 12.0 Å². The lowest BCUT2D eigenvalue weighted by atomic mass is 10.1. The molecule has 1 unspecified atom stereocenters. The van der Waals surface area contributed by atoms with E-state index in [1.54, 1.807) is 13.0 Å². The fraction of sp³-hybridized carbons (Fsp3) is 0.462. The Kier molecular flexibility index (Phi) is 4.28. The predicted octanol–water partition coefficient (Wildman–Crippen LogP) is 3.89. The standard InChI is InChI=1S/C13H20FNS/c1-6-16(15-13(3,4)5)11-8-7-10(2)12(14)9-11/h6-9,15H,1-5H3. The van der Waals surface area contributed by atoms with E-state index in [9.17, 15) is 4.39 Å². The molecule has 1 N–H and O–H groups in total. The van der Waals surface area contributed by atoms with Gasteiger partial charge in [0.1, 0.15) is 5.82 Å². The Bertz CT molecular complexity index is 405. The van der Waals surface area contributed by atoms with Crippen molar-refractivity contribution in [3.8, 4) is 0 Å². The lowest BCUT2D eigenvalue weighted by molar-refractivity contribution is 0.534. The van der Waals surface area contributed by atoms with Crippen molar-refractivity contribution in [3.63, 3.8) is 0 Å². The van der Waals surface area contributed by atoms with E-state index in [2.05, 4.69) is 30.9 Å². The third-order valence-corrected chi connectivity index (χ3v) is 4.11. The van der Waals surface area contributed by atoms with Crippen LogP contribution in [0.15, 0.2) is 23.1 Å². The fourth-order valence-electron chi connectivity index (χ4n) is 1.29. The van der Waals surface area contributed by atoms with Crippen LogP contribution in [0.2, 0.25) is 0 Å². The van der Waals surface area contributed by atoms with Crippen molar-refractivity contribution in [1.82, 2.24) is 4.72 Å². The van der Waals surface area contributed by atoms with Crippen LogP contribution in [-0.4, -0.2) is 10.9 Å². The van der Waals surface area contributed by atoms with Crippen LogP contribution in [-0.2, 0) is 0 Å². The molecule has 0 saturated carbocycles. The van der Waals surface area contributed by atoms with E-state index >= 15 is 0 Å². The second-order valence-electron chi connectivity index (χ2n) is 4.84. The molecule has 0 saturated heterocycles. The van der Waals surface area contributed by atoms with Crippen LogP contribution in [0.25, 0.3) is 0 Å². The highest BCUT2D eigenvalue weighted by molar-refractivity contribution is 8.13. The molecule has 0 fully saturated rings. The summed E-state index contributed by atoms with van der Waals surface area (Å²) >= 11 is 0. The Morgan fingerprint density at radius 2 is 1.94 bits per heavy atom. The zero-order chi connectivity index (χ0) is 12.3. The van der Waals surface area contributed by atoms with Gasteiger partial charge in [-0.2, -0.15) is 0 Å². The molecule has 0 amide bonds. The third kappa shape index (κ3) is 3.72. The molecule has 90 valence electrons. The van der Waals surface area contributed by atoms with E-state index in [1.807, 2.05) is 19.1 Å². The highest BCUT2D eigenvalue weighted by atomic mass is 32.2. The van der Waals surface area contributed by atoms with Gasteiger partial charge in [0.25, 0.3) is 0 Å². The van der Waals surface area contributed by atoms with Gasteiger partial charge in [-0.05, 0) is 57.7 Å². The number of rotatable bonds is 2. The van der Waals surface area contributed by atoms with Crippen LogP contribution in [0.5, 0.6) is 0 Å². The zero-order valence-corrected chi connectivity index (χ0v) is 11.4. The highest BCUT2D eigenvalue weighted by Crippen LogP contribution is 2.26. The third-order valence-electron chi connectivity index (χ3n) is 2.05. The second kappa shape index (κ2) is 5.11. The van der Waals surface area contributed by atoms with Gasteiger partial charge >= 0.3 is 0 Å². The molecule has 1 rings (SSSR count). The summed E-state index contributed by atoms with van der Waals surface area (Å²) < 4.78 is 16.9. The van der Waals surface area contributed by atoms with Crippen LogP contribution in [0.4, 0.5) is 4.39 Å². The smallest absolute Gasteiger partial charge is 0.127 e. The first-order valence-electron chi connectivity index (χ1n) is 5.40. The van der Waals surface area contributed by atoms with Crippen molar-refractivity contribution in [2.24, 2.45) is 0 Å². The minimum absolute atomic E-state index is 0.0248. The number of nitrogens with one attached hydrogen (secondary N) is 1. The first-order valence-corrected chi connectivity index (χ1v) is 6.69. The molecule has 0 aromatic heterocycles. The van der Waals surface area contributed by atoms with E-state index in [0.717, 1.165) is 4.90 Å². The monoisotopic (exact) mass is 241 g/mol. The van der Waals surface area contributed by atoms with Gasteiger partial charge in [-0.3, -0.25) is 4.72 Å². The molecule has 1 aromatic rings. The van der Waals surface area contributed by atoms with Crippen molar-refractivity contribution in [1.29, 1.82) is 0 Å². The molecule has 0 aliphatic heterocycles. The van der Waals surface area contributed by atoms with Crippen LogP contribution in [0.3, 0.4) is 0 Å². The summed E-state index contributed by atoms with van der Waals surface area (Å²) in [6.07, 6.45) is 0. The Hall–Kier alpha value is -0.670. The average Bonchev–Trinajstić information content (AvgIpc) is 2.17. The number of aryl methyl sites for hydroxylation is 1. The summed E-state index contributed by atoms with van der Waals surface area (Å²) in [5.74, 6) is -0.132. The lowest BCUT2D eigenvalue weighted by Crippen LogP contribution is -2.31. The van der Waals surface area contributed by atoms with Crippen LogP contribution >= 0.6 is 10.7 Å². The Labute approximate surface area is 100 Å². The average molecular weight is 241 g/mol. The largest absolute Gasteiger partial charge is 0.261 e. The van der Waals surface area contributed by atoms with Crippen LogP contribution < -0.4 is 4.72 Å². The summed E-state index contributed by atoms with van der Waals surface area (Å²) in [7, 11) is -0.198. The van der Waals surface area contributed by atoms with Crippen LogP contribution in [0, 0.1) is 12.7 Å². The SMILES string of the molecule is C/C=S(/NC(C)(C)C)c1ccc(C)c(F)c1. The van der Waals surface area contributed by atoms with Gasteiger partial charge in [0.05, 0.1) is 0 Å². The van der Waals surface area contributed by atoms with Crippen molar-refractivity contribution < 1.29 is 4.39 Å². The molecule has 3 heteroatoms. The quantitative estimate of drug-likeness (QED) is 0.775. The van der Waals surface area contributed by atoms with Crippen molar-refractivity contribution in [2.45, 2.75) is 45.1 Å². The molecule has 1 atom stereocenters. The van der Waals surface area contributed by atoms with Crippen molar-refractivity contribution in [2.75, 3.05) is 0 Å². The van der Waals surface area contributed by atoms with Crippen LogP contribution in [0.1, 0.15) is 33.3 Å². The minimum atomic E-state index is -0.198.